The Balaban J connectivity index is 2.25. The van der Waals surface area contributed by atoms with Gasteiger partial charge >= 0.3 is 125 Å². The van der Waals surface area contributed by atoms with Crippen molar-refractivity contribution >= 4 is 25.4 Å². The van der Waals surface area contributed by atoms with Crippen LogP contribution in [0.15, 0.2) is 30.3 Å². The number of methoxy groups -OCH3 is 2. The van der Waals surface area contributed by atoms with E-state index in [0.717, 1.165) is 12.8 Å². The van der Waals surface area contributed by atoms with Gasteiger partial charge in [0.2, 0.25) is 0 Å². The average Bonchev–Trinajstić information content (AvgIpc) is 2.49. The first-order chi connectivity index (χ1) is 9.62. The van der Waals surface area contributed by atoms with Crippen molar-refractivity contribution in [2.24, 2.45) is 0 Å². The Labute approximate surface area is 125 Å². The second-order valence-electron chi connectivity index (χ2n) is 4.79. The van der Waals surface area contributed by atoms with Gasteiger partial charge in [0.25, 0.3) is 0 Å². The Kier molecular flexibility index (Phi) is 5.22. The van der Waals surface area contributed by atoms with E-state index in [2.05, 4.69) is 12.1 Å². The van der Waals surface area contributed by atoms with Gasteiger partial charge in [0.1, 0.15) is 0 Å². The molecule has 1 fully saturated rings. The van der Waals surface area contributed by atoms with Crippen molar-refractivity contribution in [3.05, 3.63) is 30.3 Å². The molecule has 0 spiro atoms. The summed E-state index contributed by atoms with van der Waals surface area (Å²) in [6, 6.07) is 10.2. The van der Waals surface area contributed by atoms with Crippen molar-refractivity contribution in [3.63, 3.8) is 0 Å². The Morgan fingerprint density at radius 2 is 2.00 bits per heavy atom. The molecule has 0 N–H and O–H groups in total. The summed E-state index contributed by atoms with van der Waals surface area (Å²) < 4.78 is 17.5. The van der Waals surface area contributed by atoms with Crippen molar-refractivity contribution in [2.45, 2.75) is 36.5 Å². The number of rotatable bonds is 4. The summed E-state index contributed by atoms with van der Waals surface area (Å²) in [7, 11) is 2.89. The van der Waals surface area contributed by atoms with Crippen LogP contribution in [0, 0.1) is 0 Å². The van der Waals surface area contributed by atoms with E-state index in [-0.39, 0.29) is 25.9 Å². The van der Waals surface area contributed by atoms with Crippen LogP contribution in [0.5, 0.6) is 0 Å². The molecule has 2 rings (SSSR count). The first kappa shape index (κ1) is 15.5. The van der Waals surface area contributed by atoms with E-state index in [4.69, 9.17) is 14.2 Å². The van der Waals surface area contributed by atoms with Crippen molar-refractivity contribution in [1.82, 2.24) is 0 Å². The first-order valence-corrected chi connectivity index (χ1v) is 8.50. The average molecular weight is 343 g/mol. The van der Waals surface area contributed by atoms with Crippen LogP contribution in [0.25, 0.3) is 0 Å². The van der Waals surface area contributed by atoms with Crippen LogP contribution in [-0.4, -0.2) is 47.0 Å². The van der Waals surface area contributed by atoms with Gasteiger partial charge in [-0.3, -0.25) is 0 Å². The summed E-state index contributed by atoms with van der Waals surface area (Å²) >= 11 is 0.0889. The summed E-state index contributed by atoms with van der Waals surface area (Å²) in [5, 5.41) is 0. The van der Waals surface area contributed by atoms with Crippen LogP contribution in [0.2, 0.25) is 4.82 Å². The number of ether oxygens (including phenoxy) is 3. The topological polar surface area (TPSA) is 44.8 Å². The third-order valence-electron chi connectivity index (χ3n) is 3.43. The summed E-state index contributed by atoms with van der Waals surface area (Å²) in [4.78, 5) is 12.2. The van der Waals surface area contributed by atoms with Crippen molar-refractivity contribution in [1.29, 1.82) is 0 Å². The van der Waals surface area contributed by atoms with Gasteiger partial charge in [-0.15, -0.1) is 0 Å². The summed E-state index contributed by atoms with van der Waals surface area (Å²) in [5.41, 5.74) is 0. The maximum atomic E-state index is 12.2. The molecule has 5 heteroatoms. The minimum atomic E-state index is -1.26. The molecule has 1 aromatic carbocycles. The number of esters is 1. The molecule has 0 aliphatic carbocycles. The van der Waals surface area contributed by atoms with Gasteiger partial charge in [-0.1, -0.05) is 0 Å². The molecular weight excluding hydrogens is 323 g/mol. The van der Waals surface area contributed by atoms with E-state index < -0.39 is 11.8 Å². The standard InChI is InChI=1S/C15H20O4Se/c1-11-9-10-13(20-12-7-5-4-6-8-12)15(18-3,19-11)14(16)17-2/h4-8,11,13H,9-10H2,1-3H3/t11-,13-,15-/m0/s1. The van der Waals surface area contributed by atoms with E-state index in [0.29, 0.717) is 0 Å². The molecule has 1 saturated heterocycles. The van der Waals surface area contributed by atoms with Crippen molar-refractivity contribution < 1.29 is 19.0 Å². The molecule has 1 aliphatic rings. The van der Waals surface area contributed by atoms with Gasteiger partial charge in [0.05, 0.1) is 0 Å². The van der Waals surface area contributed by atoms with Crippen LogP contribution in [-0.2, 0) is 19.0 Å². The number of hydrogen-bond acceptors (Lipinski definition) is 4. The molecule has 0 amide bonds. The fraction of sp³-hybridized carbons (Fsp3) is 0.533. The summed E-state index contributed by atoms with van der Waals surface area (Å²) in [6.07, 6.45) is 1.83. The van der Waals surface area contributed by atoms with E-state index in [1.807, 2.05) is 25.1 Å². The minimum absolute atomic E-state index is 0.00290. The summed E-state index contributed by atoms with van der Waals surface area (Å²) in [6.45, 7) is 1.96. The monoisotopic (exact) mass is 344 g/mol. The Bertz CT molecular complexity index is 450. The predicted octanol–water partition coefficient (Wildman–Crippen LogP) is 1.52. The summed E-state index contributed by atoms with van der Waals surface area (Å²) in [5.74, 6) is -1.70. The number of carbonyl (C=O) groups excluding carboxylic acids is 1. The van der Waals surface area contributed by atoms with Gasteiger partial charge in [-0.05, 0) is 0 Å². The van der Waals surface area contributed by atoms with Crippen LogP contribution in [0.3, 0.4) is 0 Å². The number of benzene rings is 1. The molecule has 4 nitrogen and oxygen atoms in total. The molecule has 1 heterocycles. The van der Waals surface area contributed by atoms with Gasteiger partial charge in [0, 0.05) is 0 Å². The Morgan fingerprint density at radius 1 is 1.30 bits per heavy atom. The zero-order valence-electron chi connectivity index (χ0n) is 12.0. The van der Waals surface area contributed by atoms with Crippen LogP contribution in [0.1, 0.15) is 19.8 Å². The van der Waals surface area contributed by atoms with Gasteiger partial charge in [-0.2, -0.15) is 0 Å². The second kappa shape index (κ2) is 6.72. The zero-order valence-corrected chi connectivity index (χ0v) is 13.7. The molecule has 1 aliphatic heterocycles. The van der Waals surface area contributed by atoms with Gasteiger partial charge < -0.3 is 0 Å². The van der Waals surface area contributed by atoms with Crippen LogP contribution in [0.4, 0.5) is 0 Å². The molecule has 3 atom stereocenters. The van der Waals surface area contributed by atoms with Gasteiger partial charge in [0.15, 0.2) is 0 Å². The van der Waals surface area contributed by atoms with Crippen molar-refractivity contribution in [2.75, 3.05) is 14.2 Å². The molecule has 1 aromatic rings. The van der Waals surface area contributed by atoms with E-state index >= 15 is 0 Å². The van der Waals surface area contributed by atoms with Crippen molar-refractivity contribution in [3.8, 4) is 0 Å². The fourth-order valence-corrected chi connectivity index (χ4v) is 5.12. The van der Waals surface area contributed by atoms with E-state index in [1.165, 1.54) is 18.7 Å². The molecule has 110 valence electrons. The molecule has 0 radical (unpaired) electrons. The second-order valence-corrected chi connectivity index (χ2v) is 7.47. The zero-order chi connectivity index (χ0) is 14.6. The quantitative estimate of drug-likeness (QED) is 0.614. The predicted molar refractivity (Wildman–Crippen MR) is 77.1 cm³/mol. The molecule has 0 bridgehead atoms. The van der Waals surface area contributed by atoms with E-state index in [9.17, 15) is 4.79 Å². The Hall–Kier alpha value is -0.871. The fourth-order valence-electron chi connectivity index (χ4n) is 2.39. The number of hydrogen-bond donors (Lipinski definition) is 0. The molecule has 0 saturated carbocycles. The molecule has 0 unspecified atom stereocenters. The third-order valence-corrected chi connectivity index (χ3v) is 6.31. The van der Waals surface area contributed by atoms with E-state index in [1.54, 1.807) is 0 Å². The Morgan fingerprint density at radius 3 is 2.60 bits per heavy atom. The number of carbonyl (C=O) groups is 1. The maximum absolute atomic E-state index is 12.2. The van der Waals surface area contributed by atoms with Crippen LogP contribution >= 0.6 is 0 Å². The molecule has 0 aromatic heterocycles. The van der Waals surface area contributed by atoms with Gasteiger partial charge in [-0.25, -0.2) is 0 Å². The third kappa shape index (κ3) is 3.07. The molecular formula is C15H20O4Se. The van der Waals surface area contributed by atoms with Crippen LogP contribution < -0.4 is 4.46 Å². The first-order valence-electron chi connectivity index (χ1n) is 6.65. The normalized spacial score (nSPS) is 29.9. The molecule has 20 heavy (non-hydrogen) atoms. The SMILES string of the molecule is COC(=O)[C@@]1(OC)O[C@@H](C)CC[C@@H]1[Se]c1ccccc1.